The second kappa shape index (κ2) is 7.14. The summed E-state index contributed by atoms with van der Waals surface area (Å²) in [6.07, 6.45) is 0. The molecular weight excluding hydrogens is 214 g/mol. The van der Waals surface area contributed by atoms with Gasteiger partial charge in [-0.3, -0.25) is 0 Å². The Labute approximate surface area is 104 Å². The lowest BCUT2D eigenvalue weighted by atomic mass is 10.1. The Morgan fingerprint density at radius 2 is 2.06 bits per heavy atom. The zero-order valence-electron chi connectivity index (χ0n) is 11.0. The van der Waals surface area contributed by atoms with Crippen LogP contribution in [0.5, 0.6) is 0 Å². The maximum atomic E-state index is 5.89. The maximum Gasteiger partial charge on any atom is 0.0639 e. The van der Waals surface area contributed by atoms with E-state index in [2.05, 4.69) is 10.2 Å². The zero-order valence-corrected chi connectivity index (χ0v) is 11.0. The molecule has 0 aliphatic rings. The first-order chi connectivity index (χ1) is 8.11. The van der Waals surface area contributed by atoms with E-state index >= 15 is 0 Å². The number of benzene rings is 1. The Hall–Kier alpha value is -1.26. The first-order valence-electron chi connectivity index (χ1n) is 5.92. The van der Waals surface area contributed by atoms with Crippen molar-refractivity contribution in [1.29, 1.82) is 0 Å². The molecule has 1 aromatic rings. The molecule has 0 atom stereocenters. The molecule has 0 bridgehead atoms. The highest BCUT2D eigenvalue weighted by Gasteiger charge is 2.00. The fourth-order valence-electron chi connectivity index (χ4n) is 1.53. The van der Waals surface area contributed by atoms with Gasteiger partial charge >= 0.3 is 0 Å². The molecule has 0 fully saturated rings. The van der Waals surface area contributed by atoms with E-state index in [9.17, 15) is 0 Å². The van der Waals surface area contributed by atoms with Crippen LogP contribution in [0.1, 0.15) is 5.56 Å². The number of nitrogens with two attached hydrogens (primary N) is 1. The molecule has 0 spiro atoms. The van der Waals surface area contributed by atoms with Gasteiger partial charge in [0.15, 0.2) is 0 Å². The van der Waals surface area contributed by atoms with E-state index in [-0.39, 0.29) is 0 Å². The molecule has 17 heavy (non-hydrogen) atoms. The van der Waals surface area contributed by atoms with Gasteiger partial charge in [-0.2, -0.15) is 0 Å². The first-order valence-corrected chi connectivity index (χ1v) is 5.92. The molecule has 0 saturated carbocycles. The quantitative estimate of drug-likeness (QED) is 0.558. The molecule has 0 radical (unpaired) electrons. The number of ether oxygens (including phenoxy) is 1. The van der Waals surface area contributed by atoms with E-state index in [0.29, 0.717) is 6.61 Å². The summed E-state index contributed by atoms with van der Waals surface area (Å²) in [5, 5.41) is 3.31. The standard InChI is InChI=1S/C13H23N3O/c1-11-5-4-6-12(14)13(11)15-7-9-17-10-8-16(2)3/h4-6,15H,7-10,14H2,1-3H3. The highest BCUT2D eigenvalue weighted by Crippen LogP contribution is 2.21. The van der Waals surface area contributed by atoms with Crippen LogP contribution < -0.4 is 11.1 Å². The molecule has 1 aromatic carbocycles. The van der Waals surface area contributed by atoms with Crippen molar-refractivity contribution in [3.63, 3.8) is 0 Å². The summed E-state index contributed by atoms with van der Waals surface area (Å²) in [6.45, 7) is 5.24. The number of aryl methyl sites for hydroxylation is 1. The van der Waals surface area contributed by atoms with Gasteiger partial charge in [-0.05, 0) is 32.6 Å². The van der Waals surface area contributed by atoms with Crippen LogP contribution in [0.4, 0.5) is 11.4 Å². The lowest BCUT2D eigenvalue weighted by Crippen LogP contribution is -2.20. The summed E-state index contributed by atoms with van der Waals surface area (Å²) < 4.78 is 5.50. The molecule has 1 rings (SSSR count). The number of hydrogen-bond donors (Lipinski definition) is 2. The Morgan fingerprint density at radius 1 is 1.29 bits per heavy atom. The molecule has 4 heteroatoms. The molecule has 0 aliphatic carbocycles. The van der Waals surface area contributed by atoms with Crippen LogP contribution in [0.25, 0.3) is 0 Å². The Morgan fingerprint density at radius 3 is 2.71 bits per heavy atom. The molecule has 0 unspecified atom stereocenters. The van der Waals surface area contributed by atoms with Crippen molar-refractivity contribution in [2.24, 2.45) is 0 Å². The van der Waals surface area contributed by atoms with Crippen LogP contribution in [0.2, 0.25) is 0 Å². The van der Waals surface area contributed by atoms with Gasteiger partial charge in [0.25, 0.3) is 0 Å². The SMILES string of the molecule is Cc1cccc(N)c1NCCOCCN(C)C. The van der Waals surface area contributed by atoms with Gasteiger partial charge in [0, 0.05) is 13.1 Å². The minimum atomic E-state index is 0.696. The molecular formula is C13H23N3O. The van der Waals surface area contributed by atoms with Gasteiger partial charge < -0.3 is 20.7 Å². The summed E-state index contributed by atoms with van der Waals surface area (Å²) in [7, 11) is 4.07. The molecule has 0 amide bonds. The van der Waals surface area contributed by atoms with Crippen LogP contribution in [0.3, 0.4) is 0 Å². The molecule has 0 saturated heterocycles. The highest BCUT2D eigenvalue weighted by atomic mass is 16.5. The molecule has 0 aliphatic heterocycles. The predicted octanol–water partition coefficient (Wildman–Crippen LogP) is 1.57. The van der Waals surface area contributed by atoms with Gasteiger partial charge in [-0.1, -0.05) is 12.1 Å². The van der Waals surface area contributed by atoms with Crippen molar-refractivity contribution in [2.45, 2.75) is 6.92 Å². The van der Waals surface area contributed by atoms with Gasteiger partial charge in [0.1, 0.15) is 0 Å². The van der Waals surface area contributed by atoms with Crippen LogP contribution >= 0.6 is 0 Å². The summed E-state index contributed by atoms with van der Waals surface area (Å²) >= 11 is 0. The second-order valence-corrected chi connectivity index (χ2v) is 4.38. The van der Waals surface area contributed by atoms with Crippen molar-refractivity contribution in [3.8, 4) is 0 Å². The number of rotatable bonds is 7. The monoisotopic (exact) mass is 237 g/mol. The summed E-state index contributed by atoms with van der Waals surface area (Å²) in [4.78, 5) is 2.10. The van der Waals surface area contributed by atoms with E-state index in [1.165, 1.54) is 5.56 Å². The summed E-state index contributed by atoms with van der Waals surface area (Å²) in [5.41, 5.74) is 8.86. The van der Waals surface area contributed by atoms with Crippen molar-refractivity contribution in [1.82, 2.24) is 4.90 Å². The van der Waals surface area contributed by atoms with Gasteiger partial charge in [0.05, 0.1) is 24.6 Å². The van der Waals surface area contributed by atoms with E-state index in [1.54, 1.807) is 0 Å². The normalized spacial score (nSPS) is 10.8. The number of nitrogen functional groups attached to an aromatic ring is 1. The third kappa shape index (κ3) is 5.06. The van der Waals surface area contributed by atoms with Gasteiger partial charge in [-0.15, -0.1) is 0 Å². The largest absolute Gasteiger partial charge is 0.397 e. The van der Waals surface area contributed by atoms with Gasteiger partial charge in [0.2, 0.25) is 0 Å². The second-order valence-electron chi connectivity index (χ2n) is 4.38. The molecule has 3 N–H and O–H groups in total. The van der Waals surface area contributed by atoms with Crippen LogP contribution in [0.15, 0.2) is 18.2 Å². The fraction of sp³-hybridized carbons (Fsp3) is 0.538. The average molecular weight is 237 g/mol. The van der Waals surface area contributed by atoms with E-state index < -0.39 is 0 Å². The topological polar surface area (TPSA) is 50.5 Å². The van der Waals surface area contributed by atoms with Crippen LogP contribution in [0, 0.1) is 6.92 Å². The third-order valence-electron chi connectivity index (χ3n) is 2.54. The van der Waals surface area contributed by atoms with Crippen LogP contribution in [-0.2, 0) is 4.74 Å². The highest BCUT2D eigenvalue weighted by molar-refractivity contribution is 5.69. The van der Waals surface area contributed by atoms with Gasteiger partial charge in [-0.25, -0.2) is 0 Å². The summed E-state index contributed by atoms with van der Waals surface area (Å²) in [6, 6.07) is 5.91. The lowest BCUT2D eigenvalue weighted by molar-refractivity contribution is 0.126. The molecule has 96 valence electrons. The smallest absolute Gasteiger partial charge is 0.0639 e. The van der Waals surface area contributed by atoms with E-state index in [1.807, 2.05) is 39.2 Å². The minimum absolute atomic E-state index is 0.696. The number of likely N-dealkylation sites (N-methyl/N-ethyl adjacent to an activating group) is 1. The van der Waals surface area contributed by atoms with E-state index in [0.717, 1.165) is 31.1 Å². The Bertz CT molecular complexity index is 319. The Balaban J connectivity index is 2.22. The number of anilines is 2. The molecule has 0 aromatic heterocycles. The van der Waals surface area contributed by atoms with Crippen molar-refractivity contribution < 1.29 is 4.74 Å². The fourth-order valence-corrected chi connectivity index (χ4v) is 1.53. The number of nitrogens with zero attached hydrogens (tertiary/aromatic N) is 1. The van der Waals surface area contributed by atoms with E-state index in [4.69, 9.17) is 10.5 Å². The zero-order chi connectivity index (χ0) is 12.7. The van der Waals surface area contributed by atoms with Crippen molar-refractivity contribution in [3.05, 3.63) is 23.8 Å². The maximum absolute atomic E-state index is 5.89. The molecule has 4 nitrogen and oxygen atoms in total. The first kappa shape index (κ1) is 13.8. The van der Waals surface area contributed by atoms with Crippen LogP contribution in [-0.4, -0.2) is 45.3 Å². The number of nitrogens with one attached hydrogen (secondary N) is 1. The van der Waals surface area contributed by atoms with Crippen molar-refractivity contribution in [2.75, 3.05) is 51.4 Å². The lowest BCUT2D eigenvalue weighted by Gasteiger charge is -2.13. The number of para-hydroxylation sites is 1. The van der Waals surface area contributed by atoms with Crippen molar-refractivity contribution >= 4 is 11.4 Å². The Kier molecular flexibility index (Phi) is 5.80. The average Bonchev–Trinajstić information content (AvgIpc) is 2.26. The summed E-state index contributed by atoms with van der Waals surface area (Å²) in [5.74, 6) is 0. The minimum Gasteiger partial charge on any atom is -0.397 e. The molecule has 0 heterocycles. The number of hydrogen-bond acceptors (Lipinski definition) is 4. The predicted molar refractivity (Wildman–Crippen MR) is 73.5 cm³/mol. The third-order valence-corrected chi connectivity index (χ3v) is 2.54.